The van der Waals surface area contributed by atoms with Crippen LogP contribution >= 0.6 is 23.2 Å². The fraction of sp³-hybridized carbons (Fsp3) is 0.483. The Bertz CT molecular complexity index is 2670. The van der Waals surface area contributed by atoms with Gasteiger partial charge in [0, 0.05) is 0 Å². The van der Waals surface area contributed by atoms with Gasteiger partial charge in [0.2, 0.25) is 6.04 Å². The smallest absolute Gasteiger partial charge is 0.347 e. The van der Waals surface area contributed by atoms with Gasteiger partial charge in [0.15, 0.2) is 12.2 Å². The second kappa shape index (κ2) is 34.2. The van der Waals surface area contributed by atoms with Gasteiger partial charge in [0.25, 0.3) is 11.8 Å². The van der Waals surface area contributed by atoms with Gasteiger partial charge in [0.1, 0.15) is 11.3 Å². The molecular weight excluding hydrogens is 1050 g/mol. The van der Waals surface area contributed by atoms with E-state index in [4.69, 9.17) is 46.9 Å². The maximum absolute atomic E-state index is 14.5. The number of rotatable bonds is 35. The van der Waals surface area contributed by atoms with Crippen LogP contribution in [0.4, 0.5) is 11.4 Å². The van der Waals surface area contributed by atoms with Crippen LogP contribution in [0.1, 0.15) is 193 Å². The van der Waals surface area contributed by atoms with E-state index in [-0.39, 0.29) is 62.4 Å². The van der Waals surface area contributed by atoms with Gasteiger partial charge in [-0.3, -0.25) is 9.59 Å². The lowest BCUT2D eigenvalue weighted by molar-refractivity contribution is -0.153. The molecule has 1 aromatic heterocycles. The number of anilines is 2. The van der Waals surface area contributed by atoms with Crippen molar-refractivity contribution < 1.29 is 57.2 Å². The van der Waals surface area contributed by atoms with Crippen molar-refractivity contribution in [3.05, 3.63) is 112 Å². The van der Waals surface area contributed by atoms with Crippen LogP contribution in [0.3, 0.4) is 0 Å². The molecule has 0 aliphatic carbocycles. The van der Waals surface area contributed by atoms with Crippen LogP contribution in [0.25, 0.3) is 11.0 Å². The lowest BCUT2D eigenvalue weighted by atomic mass is 10.1. The summed E-state index contributed by atoms with van der Waals surface area (Å²) in [6.07, 6.45) is 19.9. The average molecular weight is 1130 g/mol. The predicted octanol–water partition coefficient (Wildman–Crippen LogP) is 13.8. The van der Waals surface area contributed by atoms with Gasteiger partial charge in [-0.2, -0.15) is 0 Å². The third-order valence-corrected chi connectivity index (χ3v) is 13.7. The number of esters is 5. The molecule has 0 saturated carbocycles. The van der Waals surface area contributed by atoms with Gasteiger partial charge in [-0.25, -0.2) is 28.7 Å². The Morgan fingerprint density at radius 1 is 0.506 bits per heavy atom. The van der Waals surface area contributed by atoms with Crippen molar-refractivity contribution >= 4 is 87.3 Å². The lowest BCUT2D eigenvalue weighted by Gasteiger charge is -2.19. The number of hydrogen-bond donors (Lipinski definition) is 2. The van der Waals surface area contributed by atoms with Crippen LogP contribution in [0.15, 0.2) is 84.9 Å². The van der Waals surface area contributed by atoms with Crippen molar-refractivity contribution in [2.24, 2.45) is 0 Å². The highest BCUT2D eigenvalue weighted by atomic mass is 35.5. The van der Waals surface area contributed by atoms with Gasteiger partial charge in [-0.1, -0.05) is 176 Å². The lowest BCUT2D eigenvalue weighted by Crippen LogP contribution is -2.37. The average Bonchev–Trinajstić information content (AvgIpc) is 3.98. The first kappa shape index (κ1) is 63.0. The van der Waals surface area contributed by atoms with E-state index in [1.807, 2.05) is 0 Å². The van der Waals surface area contributed by atoms with Crippen LogP contribution in [-0.4, -0.2) is 82.1 Å². The zero-order chi connectivity index (χ0) is 56.9. The van der Waals surface area contributed by atoms with Crippen LogP contribution in [0.5, 0.6) is 5.75 Å². The topological polar surface area (TPSA) is 220 Å². The number of hydrogen-bond acceptors (Lipinski definition) is 14. The summed E-state index contributed by atoms with van der Waals surface area (Å²) in [4.78, 5) is 94.5. The van der Waals surface area contributed by atoms with E-state index in [0.717, 1.165) is 43.2 Å². The summed E-state index contributed by atoms with van der Waals surface area (Å²) < 4.78 is 28.1. The highest BCUT2D eigenvalue weighted by molar-refractivity contribution is 6.35. The first-order valence-electron chi connectivity index (χ1n) is 27.8. The summed E-state index contributed by atoms with van der Waals surface area (Å²) in [7, 11) is 0. The second-order valence-corrected chi connectivity index (χ2v) is 20.3. The van der Waals surface area contributed by atoms with E-state index < -0.39 is 59.9 Å². The fourth-order valence-electron chi connectivity index (χ4n) is 8.47. The van der Waals surface area contributed by atoms with E-state index in [0.29, 0.717) is 18.6 Å². The van der Waals surface area contributed by atoms with Crippen molar-refractivity contribution in [3.63, 3.8) is 0 Å². The largest absolute Gasteiger partial charge is 0.463 e. The van der Waals surface area contributed by atoms with Crippen LogP contribution < -0.4 is 15.4 Å². The molecule has 2 atom stereocenters. The molecule has 4 aromatic carbocycles. The number of nitrogens with one attached hydrogen (secondary N) is 2. The van der Waals surface area contributed by atoms with E-state index in [1.54, 1.807) is 30.3 Å². The number of carbonyl (C=O) groups is 7. The molecule has 0 bridgehead atoms. The van der Waals surface area contributed by atoms with E-state index in [9.17, 15) is 33.6 Å². The Kier molecular flexibility index (Phi) is 27.3. The molecule has 1 heterocycles. The molecule has 0 aliphatic rings. The van der Waals surface area contributed by atoms with Gasteiger partial charge in [-0.15, -0.1) is 5.10 Å². The molecular formula is C60H75Cl2N5O12. The van der Waals surface area contributed by atoms with Gasteiger partial charge in [-0.05, 0) is 93.4 Å². The molecule has 79 heavy (non-hydrogen) atoms. The number of unbranched alkanes of at least 4 members (excludes halogenated alkanes) is 18. The maximum atomic E-state index is 14.5. The monoisotopic (exact) mass is 1130 g/mol. The first-order chi connectivity index (χ1) is 38.2. The minimum Gasteiger partial charge on any atom is -0.463 e. The van der Waals surface area contributed by atoms with Crippen molar-refractivity contribution in [2.75, 3.05) is 23.8 Å². The highest BCUT2D eigenvalue weighted by Crippen LogP contribution is 2.29. The molecule has 0 saturated heterocycles. The normalized spacial score (nSPS) is 12.2. The number of para-hydroxylation sites is 1. The minimum absolute atomic E-state index is 0.0378. The molecule has 2 N–H and O–H groups in total. The number of aromatic nitrogens is 3. The summed E-state index contributed by atoms with van der Waals surface area (Å²) in [5.74, 6) is -5.75. The number of carbonyl (C=O) groups excluding carboxylic acids is 7. The number of amides is 2. The third kappa shape index (κ3) is 21.0. The summed E-state index contributed by atoms with van der Waals surface area (Å²) in [6.45, 7) is 7.55. The van der Waals surface area contributed by atoms with E-state index >= 15 is 0 Å². The quantitative estimate of drug-likeness (QED) is 0.0127. The van der Waals surface area contributed by atoms with Crippen molar-refractivity contribution in [1.29, 1.82) is 0 Å². The number of nitrogens with zero attached hydrogens (tertiary/aromatic N) is 3. The molecule has 0 radical (unpaired) electrons. The summed E-state index contributed by atoms with van der Waals surface area (Å²) in [5.41, 5.74) is -0.110. The molecule has 5 rings (SSSR count). The number of ether oxygens (including phenoxy) is 5. The van der Waals surface area contributed by atoms with E-state index in [2.05, 4.69) is 34.8 Å². The van der Waals surface area contributed by atoms with Crippen LogP contribution in [0, 0.1) is 0 Å². The molecule has 5 aromatic rings. The Hall–Kier alpha value is -6.85. The predicted molar refractivity (Wildman–Crippen MR) is 303 cm³/mol. The Labute approximate surface area is 473 Å². The Morgan fingerprint density at radius 2 is 0.911 bits per heavy atom. The molecule has 19 heteroatoms. The molecule has 426 valence electrons. The van der Waals surface area contributed by atoms with Crippen molar-refractivity contribution in [3.8, 4) is 5.75 Å². The zero-order valence-corrected chi connectivity index (χ0v) is 47.4. The SMILES string of the molecule is CCCCCCCCCCCCOC(=O)C(C)OC(=O)c1ccc(Cl)c(NC(=O)C(C(=O)Nc2cc(C(=O)OC(C)C(=O)OCCCCCCCCCCCC)ccc2Cl)n2nnc3cc(C(=O)Oc4ccccc4)ccc32)c1. The molecule has 0 fully saturated rings. The van der Waals surface area contributed by atoms with Gasteiger partial charge >= 0.3 is 29.8 Å². The molecule has 0 spiro atoms. The van der Waals surface area contributed by atoms with E-state index in [1.165, 1.54) is 145 Å². The molecule has 17 nitrogen and oxygen atoms in total. The zero-order valence-electron chi connectivity index (χ0n) is 45.9. The molecule has 2 unspecified atom stereocenters. The number of halogens is 2. The number of benzene rings is 4. The van der Waals surface area contributed by atoms with Crippen LogP contribution in [0.2, 0.25) is 10.0 Å². The van der Waals surface area contributed by atoms with Crippen LogP contribution in [-0.2, 0) is 38.1 Å². The summed E-state index contributed by atoms with van der Waals surface area (Å²) in [6, 6.07) is 18.4. The summed E-state index contributed by atoms with van der Waals surface area (Å²) >= 11 is 13.1. The van der Waals surface area contributed by atoms with Crippen molar-refractivity contribution in [2.45, 2.75) is 174 Å². The standard InChI is InChI=1S/C60H75Cl2N5O12/c1-5-7-9-11-13-15-17-19-21-26-36-75-56(70)41(3)77-58(72)43-30-33-47(61)49(38-43)63-54(68)53(67-52-35-32-45(40-51(52)65-66-67)60(74)79-46-28-24-23-25-29-46)55(69)64-50-39-44(31-34-48(50)62)59(73)78-42(4)57(71)76-37-27-22-20-18-16-14-12-10-8-6-2/h23-25,28-35,38-42,53H,5-22,26-27,36-37H2,1-4H3,(H,63,68)(H,64,69). The molecule has 2 amide bonds. The third-order valence-electron chi connectivity index (χ3n) is 13.0. The second-order valence-electron chi connectivity index (χ2n) is 19.5. The van der Waals surface area contributed by atoms with Gasteiger partial charge in [0.05, 0.1) is 56.8 Å². The minimum atomic E-state index is -1.92. The highest BCUT2D eigenvalue weighted by Gasteiger charge is 2.34. The van der Waals surface area contributed by atoms with Gasteiger partial charge < -0.3 is 34.3 Å². The number of fused-ring (bicyclic) bond motifs is 1. The summed E-state index contributed by atoms with van der Waals surface area (Å²) in [5, 5.41) is 13.4. The molecule has 0 aliphatic heterocycles. The first-order valence-corrected chi connectivity index (χ1v) is 28.5. The Balaban J connectivity index is 1.26. The maximum Gasteiger partial charge on any atom is 0.347 e. The van der Waals surface area contributed by atoms with Crippen molar-refractivity contribution in [1.82, 2.24) is 15.0 Å². The Morgan fingerprint density at radius 3 is 1.35 bits per heavy atom. The fourth-order valence-corrected chi connectivity index (χ4v) is 8.80.